The van der Waals surface area contributed by atoms with E-state index in [4.69, 9.17) is 4.99 Å². The summed E-state index contributed by atoms with van der Waals surface area (Å²) in [5, 5.41) is 6.92. The van der Waals surface area contributed by atoms with Gasteiger partial charge in [0.05, 0.1) is 0 Å². The summed E-state index contributed by atoms with van der Waals surface area (Å²) in [6.07, 6.45) is 3.85. The predicted octanol–water partition coefficient (Wildman–Crippen LogP) is 3.69. The van der Waals surface area contributed by atoms with Gasteiger partial charge in [-0.25, -0.2) is 9.37 Å². The van der Waals surface area contributed by atoms with Crippen molar-refractivity contribution in [2.75, 3.05) is 31.1 Å². The summed E-state index contributed by atoms with van der Waals surface area (Å²) >= 11 is 0. The smallest absolute Gasteiger partial charge is 0.191 e. The van der Waals surface area contributed by atoms with E-state index in [1.165, 1.54) is 6.07 Å². The SMILES string of the molecule is CCNC(=NCCCc1cccc(F)c1)NC1CCN(c2cccc(C)n2)CC1. The van der Waals surface area contributed by atoms with Crippen molar-refractivity contribution in [3.8, 4) is 0 Å². The summed E-state index contributed by atoms with van der Waals surface area (Å²) in [5.74, 6) is 1.77. The lowest BCUT2D eigenvalue weighted by molar-refractivity contribution is 0.459. The number of nitrogens with one attached hydrogen (secondary N) is 2. The molecule has 0 saturated carbocycles. The van der Waals surface area contributed by atoms with Crippen LogP contribution < -0.4 is 15.5 Å². The first-order valence-corrected chi connectivity index (χ1v) is 10.6. The average Bonchev–Trinajstić information content (AvgIpc) is 2.72. The Balaban J connectivity index is 1.45. The Hall–Kier alpha value is -2.63. The highest BCUT2D eigenvalue weighted by molar-refractivity contribution is 5.80. The third-order valence-corrected chi connectivity index (χ3v) is 5.16. The van der Waals surface area contributed by atoms with Gasteiger partial charge in [-0.15, -0.1) is 0 Å². The maximum atomic E-state index is 13.3. The Morgan fingerprint density at radius 2 is 2.00 bits per heavy atom. The minimum Gasteiger partial charge on any atom is -0.357 e. The molecule has 5 nitrogen and oxygen atoms in total. The first-order chi connectivity index (χ1) is 14.1. The molecule has 29 heavy (non-hydrogen) atoms. The normalized spacial score (nSPS) is 15.4. The highest BCUT2D eigenvalue weighted by Crippen LogP contribution is 2.18. The number of nitrogens with zero attached hydrogens (tertiary/aromatic N) is 3. The van der Waals surface area contributed by atoms with Gasteiger partial charge in [-0.3, -0.25) is 4.99 Å². The maximum Gasteiger partial charge on any atom is 0.191 e. The van der Waals surface area contributed by atoms with E-state index >= 15 is 0 Å². The molecular formula is C23H32FN5. The molecule has 3 rings (SSSR count). The molecule has 1 fully saturated rings. The summed E-state index contributed by atoms with van der Waals surface area (Å²) in [4.78, 5) is 11.7. The monoisotopic (exact) mass is 397 g/mol. The fourth-order valence-corrected chi connectivity index (χ4v) is 3.64. The summed E-state index contributed by atoms with van der Waals surface area (Å²) in [6.45, 7) is 7.65. The lowest BCUT2D eigenvalue weighted by atomic mass is 10.1. The number of hydrogen-bond donors (Lipinski definition) is 2. The first-order valence-electron chi connectivity index (χ1n) is 10.6. The molecule has 1 aliphatic heterocycles. The van der Waals surface area contributed by atoms with Crippen LogP contribution in [0.25, 0.3) is 0 Å². The van der Waals surface area contributed by atoms with E-state index < -0.39 is 0 Å². The van der Waals surface area contributed by atoms with Crippen molar-refractivity contribution < 1.29 is 4.39 Å². The number of anilines is 1. The number of rotatable bonds is 7. The van der Waals surface area contributed by atoms with E-state index in [9.17, 15) is 4.39 Å². The van der Waals surface area contributed by atoms with Crippen LogP contribution in [0.4, 0.5) is 10.2 Å². The number of aromatic nitrogens is 1. The zero-order chi connectivity index (χ0) is 20.5. The zero-order valence-electron chi connectivity index (χ0n) is 17.5. The summed E-state index contributed by atoms with van der Waals surface area (Å²) < 4.78 is 13.3. The lowest BCUT2D eigenvalue weighted by Gasteiger charge is -2.34. The number of benzene rings is 1. The maximum absolute atomic E-state index is 13.3. The van der Waals surface area contributed by atoms with Crippen LogP contribution in [-0.4, -0.2) is 43.2 Å². The van der Waals surface area contributed by atoms with Gasteiger partial charge in [0.2, 0.25) is 0 Å². The number of halogens is 1. The Morgan fingerprint density at radius 3 is 2.72 bits per heavy atom. The molecule has 2 heterocycles. The average molecular weight is 398 g/mol. The number of aliphatic imine (C=N–C) groups is 1. The lowest BCUT2D eigenvalue weighted by Crippen LogP contribution is -2.49. The van der Waals surface area contributed by atoms with Crippen molar-refractivity contribution in [2.24, 2.45) is 4.99 Å². The van der Waals surface area contributed by atoms with Gasteiger partial charge in [-0.2, -0.15) is 0 Å². The third kappa shape index (κ3) is 6.73. The summed E-state index contributed by atoms with van der Waals surface area (Å²) in [5.41, 5.74) is 2.08. The van der Waals surface area contributed by atoms with Crippen LogP contribution in [-0.2, 0) is 6.42 Å². The molecule has 2 N–H and O–H groups in total. The molecule has 0 amide bonds. The molecule has 0 atom stereocenters. The highest BCUT2D eigenvalue weighted by Gasteiger charge is 2.20. The van der Waals surface area contributed by atoms with Crippen molar-refractivity contribution in [2.45, 2.75) is 45.6 Å². The van der Waals surface area contributed by atoms with E-state index in [-0.39, 0.29) is 5.82 Å². The predicted molar refractivity (Wildman–Crippen MR) is 118 cm³/mol. The molecule has 0 radical (unpaired) electrons. The van der Waals surface area contributed by atoms with Gasteiger partial charge in [-0.05, 0) is 69.4 Å². The second-order valence-electron chi connectivity index (χ2n) is 7.54. The number of guanidine groups is 1. The molecule has 6 heteroatoms. The highest BCUT2D eigenvalue weighted by atomic mass is 19.1. The standard InChI is InChI=1S/C23H32FN5/c1-3-25-23(26-14-6-9-19-8-5-10-20(24)17-19)28-21-12-15-29(16-13-21)22-11-4-7-18(2)27-22/h4-5,7-8,10-11,17,21H,3,6,9,12-16H2,1-2H3,(H2,25,26,28). The van der Waals surface area contributed by atoms with Crippen molar-refractivity contribution in [3.05, 3.63) is 59.5 Å². The van der Waals surface area contributed by atoms with Gasteiger partial charge in [0, 0.05) is 37.9 Å². The van der Waals surface area contributed by atoms with Crippen LogP contribution in [0.15, 0.2) is 47.5 Å². The van der Waals surface area contributed by atoms with E-state index in [1.54, 1.807) is 12.1 Å². The number of aryl methyl sites for hydroxylation is 2. The molecular weight excluding hydrogens is 365 g/mol. The van der Waals surface area contributed by atoms with Crippen LogP contribution in [0.5, 0.6) is 0 Å². The Morgan fingerprint density at radius 1 is 1.21 bits per heavy atom. The third-order valence-electron chi connectivity index (χ3n) is 5.16. The van der Waals surface area contributed by atoms with Gasteiger partial charge >= 0.3 is 0 Å². The van der Waals surface area contributed by atoms with E-state index in [0.29, 0.717) is 6.04 Å². The van der Waals surface area contributed by atoms with Gasteiger partial charge in [0.25, 0.3) is 0 Å². The minimum atomic E-state index is -0.173. The van der Waals surface area contributed by atoms with Gasteiger partial charge in [-0.1, -0.05) is 18.2 Å². The summed E-state index contributed by atoms with van der Waals surface area (Å²) in [7, 11) is 0. The Bertz CT molecular complexity index is 799. The molecule has 156 valence electrons. The van der Waals surface area contributed by atoms with Gasteiger partial charge in [0.15, 0.2) is 5.96 Å². The van der Waals surface area contributed by atoms with Gasteiger partial charge < -0.3 is 15.5 Å². The van der Waals surface area contributed by atoms with Gasteiger partial charge in [0.1, 0.15) is 11.6 Å². The molecule has 2 aromatic rings. The van der Waals surface area contributed by atoms with Crippen molar-refractivity contribution in [1.29, 1.82) is 0 Å². The van der Waals surface area contributed by atoms with E-state index in [2.05, 4.69) is 39.6 Å². The summed E-state index contributed by atoms with van der Waals surface area (Å²) in [6, 6.07) is 13.4. The van der Waals surface area contributed by atoms with Crippen LogP contribution in [0.1, 0.15) is 37.4 Å². The van der Waals surface area contributed by atoms with Crippen LogP contribution in [0, 0.1) is 12.7 Å². The molecule has 1 aliphatic rings. The molecule has 1 saturated heterocycles. The molecule has 1 aromatic carbocycles. The molecule has 0 spiro atoms. The first kappa shape index (κ1) is 21.1. The molecule has 0 aliphatic carbocycles. The number of hydrogen-bond acceptors (Lipinski definition) is 3. The molecule has 1 aromatic heterocycles. The molecule has 0 bridgehead atoms. The second-order valence-corrected chi connectivity index (χ2v) is 7.54. The fourth-order valence-electron chi connectivity index (χ4n) is 3.64. The number of pyridine rings is 1. The zero-order valence-corrected chi connectivity index (χ0v) is 17.5. The number of piperidine rings is 1. The van der Waals surface area contributed by atoms with Crippen LogP contribution in [0.3, 0.4) is 0 Å². The van der Waals surface area contributed by atoms with Crippen LogP contribution >= 0.6 is 0 Å². The quantitative estimate of drug-likeness (QED) is 0.425. The minimum absolute atomic E-state index is 0.173. The fraction of sp³-hybridized carbons (Fsp3) is 0.478. The Kier molecular flexibility index (Phi) is 7.85. The van der Waals surface area contributed by atoms with Crippen molar-refractivity contribution in [3.63, 3.8) is 0 Å². The van der Waals surface area contributed by atoms with E-state index in [1.807, 2.05) is 19.1 Å². The van der Waals surface area contributed by atoms with Crippen molar-refractivity contribution >= 4 is 11.8 Å². The van der Waals surface area contributed by atoms with Crippen molar-refractivity contribution in [1.82, 2.24) is 15.6 Å². The molecule has 0 unspecified atom stereocenters. The van der Waals surface area contributed by atoms with E-state index in [0.717, 1.165) is 74.9 Å². The largest absolute Gasteiger partial charge is 0.357 e. The Labute approximate surface area is 173 Å². The topological polar surface area (TPSA) is 52.6 Å². The second kappa shape index (κ2) is 10.8. The van der Waals surface area contributed by atoms with Crippen LogP contribution in [0.2, 0.25) is 0 Å².